The third-order valence-corrected chi connectivity index (χ3v) is 6.23. The lowest BCUT2D eigenvalue weighted by molar-refractivity contribution is -0.00504. The molecule has 0 spiro atoms. The van der Waals surface area contributed by atoms with Gasteiger partial charge in [-0.1, -0.05) is 5.21 Å². The fourth-order valence-corrected chi connectivity index (χ4v) is 4.61. The zero-order valence-corrected chi connectivity index (χ0v) is 16.9. The first-order chi connectivity index (χ1) is 13.7. The van der Waals surface area contributed by atoms with Crippen LogP contribution in [0.2, 0.25) is 0 Å². The number of fused-ring (bicyclic) bond motifs is 3. The molecule has 29 heavy (non-hydrogen) atoms. The zero-order chi connectivity index (χ0) is 19.1. The van der Waals surface area contributed by atoms with E-state index in [4.69, 9.17) is 9.47 Å². The van der Waals surface area contributed by atoms with Crippen LogP contribution in [0.15, 0.2) is 18.2 Å². The van der Waals surface area contributed by atoms with Crippen molar-refractivity contribution in [3.63, 3.8) is 0 Å². The number of hydrogen-bond donors (Lipinski definition) is 0. The highest BCUT2D eigenvalue weighted by Crippen LogP contribution is 2.35. The van der Waals surface area contributed by atoms with E-state index < -0.39 is 11.6 Å². The Labute approximate surface area is 174 Å². The molecule has 6 nitrogen and oxygen atoms in total. The van der Waals surface area contributed by atoms with E-state index in [1.165, 1.54) is 18.6 Å². The summed E-state index contributed by atoms with van der Waals surface area (Å²) in [7, 11) is 0. The van der Waals surface area contributed by atoms with Crippen LogP contribution < -0.4 is 0 Å². The van der Waals surface area contributed by atoms with Gasteiger partial charge in [-0.05, 0) is 43.9 Å². The molecule has 2 atom stereocenters. The SMILES string of the molecule is Cl.Fc1ccc(-c2nnn3c2CO[C@H]2CN(CCC4CCOCC4)C[C@@H]23)c(F)c1. The van der Waals surface area contributed by atoms with Crippen LogP contribution in [0.5, 0.6) is 0 Å². The summed E-state index contributed by atoms with van der Waals surface area (Å²) in [6.07, 6.45) is 3.56. The van der Waals surface area contributed by atoms with Crippen molar-refractivity contribution in [1.82, 2.24) is 19.9 Å². The van der Waals surface area contributed by atoms with Crippen molar-refractivity contribution in [2.45, 2.75) is 38.0 Å². The molecule has 0 saturated carbocycles. The maximum atomic E-state index is 14.2. The topological polar surface area (TPSA) is 52.4 Å². The summed E-state index contributed by atoms with van der Waals surface area (Å²) in [5.41, 5.74) is 1.47. The van der Waals surface area contributed by atoms with Gasteiger partial charge in [-0.3, -0.25) is 4.90 Å². The van der Waals surface area contributed by atoms with Crippen molar-refractivity contribution in [3.8, 4) is 11.3 Å². The van der Waals surface area contributed by atoms with Gasteiger partial charge in [0.2, 0.25) is 0 Å². The number of nitrogens with zero attached hydrogens (tertiary/aromatic N) is 4. The molecular formula is C20H25ClF2N4O2. The minimum atomic E-state index is -0.630. The standard InChI is InChI=1S/C20H24F2N4O2.ClH/c21-14-1-2-15(16(22)9-14)20-18-12-28-19-11-25(10-17(19)26(18)24-23-20)6-3-13-4-7-27-8-5-13;/h1-2,9,13,17,19H,3-8,10-12H2;1H/t17-,19-;/m0./s1. The lowest BCUT2D eigenvalue weighted by atomic mass is 9.96. The number of hydrogen-bond acceptors (Lipinski definition) is 5. The molecule has 158 valence electrons. The Hall–Kier alpha value is -1.61. The molecule has 2 saturated heterocycles. The Morgan fingerprint density at radius 1 is 1.14 bits per heavy atom. The molecule has 4 heterocycles. The largest absolute Gasteiger partial charge is 0.381 e. The highest BCUT2D eigenvalue weighted by molar-refractivity contribution is 5.85. The van der Waals surface area contributed by atoms with Crippen LogP contribution in [0.3, 0.4) is 0 Å². The van der Waals surface area contributed by atoms with E-state index in [1.807, 2.05) is 4.68 Å². The van der Waals surface area contributed by atoms with Gasteiger partial charge in [-0.15, -0.1) is 17.5 Å². The molecular weight excluding hydrogens is 402 g/mol. The molecule has 0 aliphatic carbocycles. The molecule has 2 aromatic rings. The summed E-state index contributed by atoms with van der Waals surface area (Å²) < 4.78 is 40.9. The van der Waals surface area contributed by atoms with Crippen LogP contribution in [-0.2, 0) is 16.1 Å². The molecule has 1 aromatic carbocycles. The highest BCUT2D eigenvalue weighted by Gasteiger charge is 2.40. The van der Waals surface area contributed by atoms with Gasteiger partial charge in [0.25, 0.3) is 0 Å². The van der Waals surface area contributed by atoms with Gasteiger partial charge < -0.3 is 9.47 Å². The fraction of sp³-hybridized carbons (Fsp3) is 0.600. The van der Waals surface area contributed by atoms with Crippen LogP contribution >= 0.6 is 12.4 Å². The fourth-order valence-electron chi connectivity index (χ4n) is 4.61. The van der Waals surface area contributed by atoms with Crippen LogP contribution in [0.25, 0.3) is 11.3 Å². The third-order valence-electron chi connectivity index (χ3n) is 6.23. The zero-order valence-electron chi connectivity index (χ0n) is 16.1. The normalized spacial score (nSPS) is 24.8. The van der Waals surface area contributed by atoms with Crippen molar-refractivity contribution in [2.24, 2.45) is 5.92 Å². The second kappa shape index (κ2) is 8.63. The van der Waals surface area contributed by atoms with Gasteiger partial charge in [-0.25, -0.2) is 13.5 Å². The van der Waals surface area contributed by atoms with E-state index in [0.29, 0.717) is 12.3 Å². The second-order valence-corrected chi connectivity index (χ2v) is 7.97. The maximum absolute atomic E-state index is 14.2. The van der Waals surface area contributed by atoms with E-state index in [-0.39, 0.29) is 30.1 Å². The summed E-state index contributed by atoms with van der Waals surface area (Å²) in [4.78, 5) is 2.43. The molecule has 1 aromatic heterocycles. The average molecular weight is 427 g/mol. The number of ether oxygens (including phenoxy) is 2. The van der Waals surface area contributed by atoms with Crippen molar-refractivity contribution < 1.29 is 18.3 Å². The van der Waals surface area contributed by atoms with Crippen LogP contribution in [0, 0.1) is 17.6 Å². The van der Waals surface area contributed by atoms with E-state index in [9.17, 15) is 8.78 Å². The number of halogens is 3. The molecule has 0 radical (unpaired) electrons. The molecule has 9 heteroatoms. The van der Waals surface area contributed by atoms with Crippen molar-refractivity contribution in [1.29, 1.82) is 0 Å². The van der Waals surface area contributed by atoms with Crippen LogP contribution in [0.4, 0.5) is 8.78 Å². The second-order valence-electron chi connectivity index (χ2n) is 7.97. The van der Waals surface area contributed by atoms with Gasteiger partial charge >= 0.3 is 0 Å². The lowest BCUT2D eigenvalue weighted by Crippen LogP contribution is -2.32. The molecule has 0 bridgehead atoms. The molecule has 3 aliphatic heterocycles. The summed E-state index contributed by atoms with van der Waals surface area (Å²) in [6.45, 7) is 4.88. The predicted octanol–water partition coefficient (Wildman–Crippen LogP) is 3.22. The first-order valence-electron chi connectivity index (χ1n) is 10.00. The van der Waals surface area contributed by atoms with Crippen molar-refractivity contribution in [3.05, 3.63) is 35.5 Å². The Morgan fingerprint density at radius 3 is 2.76 bits per heavy atom. The Balaban J connectivity index is 0.00000205. The van der Waals surface area contributed by atoms with Gasteiger partial charge in [0.15, 0.2) is 0 Å². The predicted molar refractivity (Wildman–Crippen MR) is 105 cm³/mol. The summed E-state index contributed by atoms with van der Waals surface area (Å²) >= 11 is 0. The van der Waals surface area contributed by atoms with Crippen LogP contribution in [0.1, 0.15) is 31.0 Å². The van der Waals surface area contributed by atoms with Crippen LogP contribution in [-0.4, -0.2) is 58.8 Å². The Morgan fingerprint density at radius 2 is 1.97 bits per heavy atom. The average Bonchev–Trinajstić information content (AvgIpc) is 3.31. The van der Waals surface area contributed by atoms with E-state index in [2.05, 4.69) is 15.2 Å². The Kier molecular flexibility index (Phi) is 6.15. The van der Waals surface area contributed by atoms with E-state index in [1.54, 1.807) is 0 Å². The number of likely N-dealkylation sites (tertiary alicyclic amines) is 1. The minimum absolute atomic E-state index is 0. The first-order valence-corrected chi connectivity index (χ1v) is 10.00. The van der Waals surface area contributed by atoms with Gasteiger partial charge in [0, 0.05) is 37.9 Å². The maximum Gasteiger partial charge on any atom is 0.135 e. The van der Waals surface area contributed by atoms with E-state index >= 15 is 0 Å². The highest BCUT2D eigenvalue weighted by atomic mass is 35.5. The monoisotopic (exact) mass is 426 g/mol. The van der Waals surface area contributed by atoms with Gasteiger partial charge in [0.1, 0.15) is 17.3 Å². The molecule has 5 rings (SSSR count). The Bertz CT molecular complexity index is 859. The van der Waals surface area contributed by atoms with Crippen molar-refractivity contribution >= 4 is 12.4 Å². The van der Waals surface area contributed by atoms with Crippen molar-refractivity contribution in [2.75, 3.05) is 32.8 Å². The summed E-state index contributed by atoms with van der Waals surface area (Å²) in [5.74, 6) is -0.489. The molecule has 2 fully saturated rings. The number of rotatable bonds is 4. The quantitative estimate of drug-likeness (QED) is 0.751. The molecule has 0 N–H and O–H groups in total. The first kappa shape index (κ1) is 20.7. The number of aromatic nitrogens is 3. The molecule has 0 amide bonds. The molecule has 0 unspecified atom stereocenters. The summed E-state index contributed by atoms with van der Waals surface area (Å²) in [5, 5.41) is 8.51. The van der Waals surface area contributed by atoms with E-state index in [0.717, 1.165) is 63.4 Å². The van der Waals surface area contributed by atoms with Gasteiger partial charge in [0.05, 0.1) is 24.4 Å². The summed E-state index contributed by atoms with van der Waals surface area (Å²) in [6, 6.07) is 3.62. The minimum Gasteiger partial charge on any atom is -0.381 e. The van der Waals surface area contributed by atoms with Gasteiger partial charge in [-0.2, -0.15) is 0 Å². The lowest BCUT2D eigenvalue weighted by Gasteiger charge is -2.26. The smallest absolute Gasteiger partial charge is 0.135 e. The molecule has 3 aliphatic rings. The third kappa shape index (κ3) is 4.03. The number of benzene rings is 1.